The van der Waals surface area contributed by atoms with Crippen molar-refractivity contribution in [3.05, 3.63) is 30.1 Å². The van der Waals surface area contributed by atoms with E-state index in [2.05, 4.69) is 10.2 Å². The molecular formula is C16H22FN3O2. The van der Waals surface area contributed by atoms with Gasteiger partial charge >= 0.3 is 0 Å². The van der Waals surface area contributed by atoms with E-state index < -0.39 is 17.1 Å². The van der Waals surface area contributed by atoms with Crippen LogP contribution in [0.3, 0.4) is 0 Å². The van der Waals surface area contributed by atoms with Crippen molar-refractivity contribution in [3.63, 3.8) is 0 Å². The van der Waals surface area contributed by atoms with Crippen molar-refractivity contribution < 1.29 is 14.0 Å². The largest absolute Gasteiger partial charge is 0.339 e. The Balaban J connectivity index is 2.05. The molecule has 6 heteroatoms. The first-order valence-electron chi connectivity index (χ1n) is 7.35. The van der Waals surface area contributed by atoms with E-state index in [1.165, 1.54) is 18.2 Å². The van der Waals surface area contributed by atoms with Crippen LogP contribution < -0.4 is 5.32 Å². The maximum Gasteiger partial charge on any atom is 0.239 e. The first-order chi connectivity index (χ1) is 10.3. The van der Waals surface area contributed by atoms with E-state index >= 15 is 0 Å². The number of nitrogens with zero attached hydrogens (tertiary/aromatic N) is 2. The Kier molecular flexibility index (Phi) is 4.81. The monoisotopic (exact) mass is 307 g/mol. The summed E-state index contributed by atoms with van der Waals surface area (Å²) in [6.07, 6.45) is 0. The van der Waals surface area contributed by atoms with Crippen molar-refractivity contribution in [2.45, 2.75) is 13.8 Å². The van der Waals surface area contributed by atoms with Crippen LogP contribution in [0, 0.1) is 11.2 Å². The molecule has 120 valence electrons. The van der Waals surface area contributed by atoms with Gasteiger partial charge in [0.1, 0.15) is 11.2 Å². The second-order valence-corrected chi connectivity index (χ2v) is 6.18. The minimum atomic E-state index is -1.19. The molecule has 1 aromatic carbocycles. The predicted octanol–water partition coefficient (Wildman–Crippen LogP) is 1.56. The van der Waals surface area contributed by atoms with Crippen LogP contribution in [0.4, 0.5) is 10.1 Å². The van der Waals surface area contributed by atoms with Gasteiger partial charge in [0.15, 0.2) is 0 Å². The van der Waals surface area contributed by atoms with Gasteiger partial charge < -0.3 is 15.1 Å². The van der Waals surface area contributed by atoms with Crippen LogP contribution in [0.1, 0.15) is 13.8 Å². The Morgan fingerprint density at radius 2 is 1.82 bits per heavy atom. The highest BCUT2D eigenvalue weighted by atomic mass is 19.1. The van der Waals surface area contributed by atoms with E-state index in [4.69, 9.17) is 0 Å². The zero-order valence-electron chi connectivity index (χ0n) is 13.2. The minimum absolute atomic E-state index is 0.200. The van der Waals surface area contributed by atoms with Gasteiger partial charge in [0.25, 0.3) is 0 Å². The summed E-state index contributed by atoms with van der Waals surface area (Å²) in [5.41, 5.74) is -0.841. The van der Waals surface area contributed by atoms with Crippen molar-refractivity contribution in [2.75, 3.05) is 38.5 Å². The van der Waals surface area contributed by atoms with Gasteiger partial charge in [-0.2, -0.15) is 0 Å². The first kappa shape index (κ1) is 16.4. The van der Waals surface area contributed by atoms with Crippen LogP contribution in [-0.2, 0) is 9.59 Å². The molecule has 0 atom stereocenters. The van der Waals surface area contributed by atoms with E-state index in [1.54, 1.807) is 24.8 Å². The van der Waals surface area contributed by atoms with Gasteiger partial charge in [-0.1, -0.05) is 6.07 Å². The van der Waals surface area contributed by atoms with E-state index in [9.17, 15) is 14.0 Å². The molecule has 0 bridgehead atoms. The number of anilines is 1. The molecule has 0 saturated carbocycles. The number of carbonyl (C=O) groups is 2. The molecule has 0 aliphatic carbocycles. The maximum absolute atomic E-state index is 13.2. The highest BCUT2D eigenvalue weighted by Crippen LogP contribution is 2.23. The molecule has 1 aliphatic heterocycles. The van der Waals surface area contributed by atoms with Crippen molar-refractivity contribution in [1.82, 2.24) is 9.80 Å². The lowest BCUT2D eigenvalue weighted by molar-refractivity contribution is -0.147. The summed E-state index contributed by atoms with van der Waals surface area (Å²) in [5.74, 6) is -1.06. The molecule has 1 fully saturated rings. The molecule has 0 radical (unpaired) electrons. The molecule has 1 heterocycles. The summed E-state index contributed by atoms with van der Waals surface area (Å²) in [4.78, 5) is 28.9. The Labute approximate surface area is 130 Å². The number of halogens is 1. The van der Waals surface area contributed by atoms with Gasteiger partial charge in [0, 0.05) is 31.9 Å². The van der Waals surface area contributed by atoms with Crippen molar-refractivity contribution >= 4 is 17.5 Å². The highest BCUT2D eigenvalue weighted by molar-refractivity contribution is 6.09. The predicted molar refractivity (Wildman–Crippen MR) is 82.9 cm³/mol. The fourth-order valence-electron chi connectivity index (χ4n) is 2.36. The average Bonchev–Trinajstić information content (AvgIpc) is 2.47. The molecule has 5 nitrogen and oxygen atoms in total. The minimum Gasteiger partial charge on any atom is -0.339 e. The zero-order chi connectivity index (χ0) is 16.3. The van der Waals surface area contributed by atoms with Crippen LogP contribution >= 0.6 is 0 Å². The van der Waals surface area contributed by atoms with Crippen molar-refractivity contribution in [3.8, 4) is 0 Å². The summed E-state index contributed by atoms with van der Waals surface area (Å²) in [7, 11) is 2.00. The van der Waals surface area contributed by atoms with E-state index in [0.717, 1.165) is 13.1 Å². The normalized spacial score (nSPS) is 16.5. The molecular weight excluding hydrogens is 285 g/mol. The number of amides is 2. The summed E-state index contributed by atoms with van der Waals surface area (Å²) in [6.45, 7) is 6.03. The Morgan fingerprint density at radius 1 is 1.18 bits per heavy atom. The van der Waals surface area contributed by atoms with Crippen LogP contribution in [-0.4, -0.2) is 54.8 Å². The first-order valence-corrected chi connectivity index (χ1v) is 7.35. The zero-order valence-corrected chi connectivity index (χ0v) is 13.2. The number of piperazine rings is 1. The fraction of sp³-hybridized carbons (Fsp3) is 0.500. The van der Waals surface area contributed by atoms with Gasteiger partial charge in [-0.25, -0.2) is 4.39 Å². The summed E-state index contributed by atoms with van der Waals surface area (Å²) >= 11 is 0. The molecule has 1 aliphatic rings. The van der Waals surface area contributed by atoms with Crippen LogP contribution in [0.15, 0.2) is 24.3 Å². The quantitative estimate of drug-likeness (QED) is 0.862. The van der Waals surface area contributed by atoms with Gasteiger partial charge in [0.05, 0.1) is 0 Å². The lowest BCUT2D eigenvalue weighted by Gasteiger charge is -2.36. The SMILES string of the molecule is CN1CCN(C(=O)C(C)(C)C(=O)Nc2cccc(F)c2)CC1. The molecule has 0 unspecified atom stereocenters. The molecule has 1 N–H and O–H groups in total. The third-order valence-corrected chi connectivity index (χ3v) is 3.98. The molecule has 1 saturated heterocycles. The average molecular weight is 307 g/mol. The van der Waals surface area contributed by atoms with Crippen molar-refractivity contribution in [2.24, 2.45) is 5.41 Å². The number of rotatable bonds is 3. The van der Waals surface area contributed by atoms with Crippen molar-refractivity contribution in [1.29, 1.82) is 0 Å². The van der Waals surface area contributed by atoms with Gasteiger partial charge in [-0.15, -0.1) is 0 Å². The number of likely N-dealkylation sites (N-methyl/N-ethyl adjacent to an activating group) is 1. The van der Waals surface area contributed by atoms with E-state index in [-0.39, 0.29) is 5.91 Å². The second-order valence-electron chi connectivity index (χ2n) is 6.18. The fourth-order valence-corrected chi connectivity index (χ4v) is 2.36. The Hall–Kier alpha value is -1.95. The highest BCUT2D eigenvalue weighted by Gasteiger charge is 2.39. The summed E-state index contributed by atoms with van der Waals surface area (Å²) in [6, 6.07) is 5.64. The Morgan fingerprint density at radius 3 is 2.41 bits per heavy atom. The maximum atomic E-state index is 13.2. The lowest BCUT2D eigenvalue weighted by atomic mass is 9.89. The van der Waals surface area contributed by atoms with E-state index in [1.807, 2.05) is 7.05 Å². The summed E-state index contributed by atoms with van der Waals surface area (Å²) < 4.78 is 13.2. The lowest BCUT2D eigenvalue weighted by Crippen LogP contribution is -2.53. The Bertz CT molecular complexity index is 566. The smallest absolute Gasteiger partial charge is 0.239 e. The molecule has 1 aromatic rings. The standard InChI is InChI=1S/C16H22FN3O2/c1-16(2,15(22)20-9-7-19(3)8-10-20)14(21)18-13-6-4-5-12(17)11-13/h4-6,11H,7-10H2,1-3H3,(H,18,21). The number of nitrogens with one attached hydrogen (secondary N) is 1. The molecule has 22 heavy (non-hydrogen) atoms. The number of hydrogen-bond donors (Lipinski definition) is 1. The molecule has 0 aromatic heterocycles. The third kappa shape index (κ3) is 3.62. The molecule has 2 rings (SSSR count). The molecule has 2 amide bonds. The van der Waals surface area contributed by atoms with Crippen LogP contribution in [0.5, 0.6) is 0 Å². The number of carbonyl (C=O) groups excluding carboxylic acids is 2. The number of benzene rings is 1. The topological polar surface area (TPSA) is 52.7 Å². The van der Waals surface area contributed by atoms with Gasteiger partial charge in [0.2, 0.25) is 11.8 Å². The van der Waals surface area contributed by atoms with Crippen LogP contribution in [0.25, 0.3) is 0 Å². The van der Waals surface area contributed by atoms with Gasteiger partial charge in [-0.3, -0.25) is 9.59 Å². The van der Waals surface area contributed by atoms with Crippen LogP contribution in [0.2, 0.25) is 0 Å². The molecule has 0 spiro atoms. The second kappa shape index (κ2) is 6.44. The number of hydrogen-bond acceptors (Lipinski definition) is 3. The van der Waals surface area contributed by atoms with Gasteiger partial charge in [-0.05, 0) is 39.1 Å². The summed E-state index contributed by atoms with van der Waals surface area (Å²) in [5, 5.41) is 2.61. The third-order valence-electron chi connectivity index (χ3n) is 3.98. The van der Waals surface area contributed by atoms with E-state index in [0.29, 0.717) is 18.8 Å².